The average molecular weight is 368 g/mol. The summed E-state index contributed by atoms with van der Waals surface area (Å²) in [5, 5.41) is 24.0. The first-order valence-corrected chi connectivity index (χ1v) is 8.91. The summed E-state index contributed by atoms with van der Waals surface area (Å²) in [6.45, 7) is 1.79. The molecule has 1 atom stereocenters. The molecule has 1 aromatic carbocycles. The van der Waals surface area contributed by atoms with Crippen molar-refractivity contribution in [3.8, 4) is 11.3 Å². The Kier molecular flexibility index (Phi) is 4.72. The Bertz CT molecular complexity index is 915. The molecule has 8 heteroatoms. The first-order chi connectivity index (χ1) is 13.1. The minimum absolute atomic E-state index is 0.0324. The molecule has 0 aliphatic heterocycles. The number of aliphatic hydroxyl groups excluding tert-OH is 1. The highest BCUT2D eigenvalue weighted by Gasteiger charge is 2.36. The summed E-state index contributed by atoms with van der Waals surface area (Å²) in [5.41, 5.74) is 1.13. The third kappa shape index (κ3) is 3.61. The summed E-state index contributed by atoms with van der Waals surface area (Å²) >= 11 is 0. The molecule has 2 N–H and O–H groups in total. The number of aromatic nitrogens is 3. The lowest BCUT2D eigenvalue weighted by atomic mass is 9.80. The summed E-state index contributed by atoms with van der Waals surface area (Å²) in [5.74, 6) is 1.25. The Morgan fingerprint density at radius 1 is 1.30 bits per heavy atom. The van der Waals surface area contributed by atoms with Crippen LogP contribution in [0.25, 0.3) is 11.3 Å². The van der Waals surface area contributed by atoms with E-state index < -0.39 is 0 Å². The largest absolute Gasteiger partial charge is 0.425 e. The van der Waals surface area contributed by atoms with Gasteiger partial charge in [-0.25, -0.2) is 0 Å². The van der Waals surface area contributed by atoms with E-state index in [-0.39, 0.29) is 36.1 Å². The summed E-state index contributed by atoms with van der Waals surface area (Å²) < 4.78 is 10.9. The molecule has 8 nitrogen and oxygen atoms in total. The maximum absolute atomic E-state index is 12.4. The fourth-order valence-electron chi connectivity index (χ4n) is 3.01. The lowest BCUT2D eigenvalue weighted by Crippen LogP contribution is -2.43. The van der Waals surface area contributed by atoms with Gasteiger partial charge in [0, 0.05) is 23.6 Å². The predicted octanol–water partition coefficient (Wildman–Crippen LogP) is 2.50. The molecule has 1 fully saturated rings. The Labute approximate surface area is 155 Å². The van der Waals surface area contributed by atoms with Crippen LogP contribution in [0.1, 0.15) is 53.9 Å². The summed E-state index contributed by atoms with van der Waals surface area (Å²) in [4.78, 5) is 12.4. The van der Waals surface area contributed by atoms with E-state index in [9.17, 15) is 4.79 Å². The fourth-order valence-corrected chi connectivity index (χ4v) is 3.01. The van der Waals surface area contributed by atoms with E-state index in [1.807, 2.05) is 37.3 Å². The van der Waals surface area contributed by atoms with E-state index in [1.54, 1.807) is 6.07 Å². The zero-order chi connectivity index (χ0) is 18.8. The second-order valence-corrected chi connectivity index (χ2v) is 6.84. The second-order valence-electron chi connectivity index (χ2n) is 6.84. The van der Waals surface area contributed by atoms with Gasteiger partial charge >= 0.3 is 0 Å². The third-order valence-electron chi connectivity index (χ3n) is 4.78. The van der Waals surface area contributed by atoms with Crippen molar-refractivity contribution >= 4 is 5.91 Å². The third-order valence-corrected chi connectivity index (χ3v) is 4.78. The molecule has 0 unspecified atom stereocenters. The van der Waals surface area contributed by atoms with Crippen LogP contribution in [0.3, 0.4) is 0 Å². The summed E-state index contributed by atoms with van der Waals surface area (Å²) in [6, 6.07) is 11.2. The molecular weight excluding hydrogens is 348 g/mol. The fraction of sp³-hybridized carbons (Fsp3) is 0.368. The molecule has 1 amide bonds. The van der Waals surface area contributed by atoms with Gasteiger partial charge in [0.25, 0.3) is 5.91 Å². The van der Waals surface area contributed by atoms with Crippen LogP contribution in [0.15, 0.2) is 45.3 Å². The van der Waals surface area contributed by atoms with Crippen LogP contribution in [-0.4, -0.2) is 39.0 Å². The number of benzene rings is 1. The molecule has 0 bridgehead atoms. The Morgan fingerprint density at radius 3 is 2.81 bits per heavy atom. The zero-order valence-electron chi connectivity index (χ0n) is 14.8. The van der Waals surface area contributed by atoms with Crippen molar-refractivity contribution in [2.45, 2.75) is 37.6 Å². The number of carbonyl (C=O) groups is 1. The van der Waals surface area contributed by atoms with E-state index in [0.29, 0.717) is 17.5 Å². The molecule has 27 heavy (non-hydrogen) atoms. The quantitative estimate of drug-likeness (QED) is 0.687. The topological polar surface area (TPSA) is 114 Å². The van der Waals surface area contributed by atoms with Gasteiger partial charge < -0.3 is 19.4 Å². The number of hydrogen-bond acceptors (Lipinski definition) is 7. The SMILES string of the molecule is C[C@@H](CO)c1nnc([C@H]2C[C@@H](NC(=O)c3cc(-c4ccccc4)on3)C2)o1. The summed E-state index contributed by atoms with van der Waals surface area (Å²) in [6.07, 6.45) is 1.45. The number of aliphatic hydroxyl groups is 1. The zero-order valence-corrected chi connectivity index (χ0v) is 14.8. The lowest BCUT2D eigenvalue weighted by Gasteiger charge is -2.33. The van der Waals surface area contributed by atoms with Gasteiger partial charge in [0.05, 0.1) is 12.5 Å². The van der Waals surface area contributed by atoms with Crippen LogP contribution in [0.4, 0.5) is 0 Å². The van der Waals surface area contributed by atoms with Crippen molar-refractivity contribution < 1.29 is 18.8 Å². The average Bonchev–Trinajstić information content (AvgIpc) is 3.34. The van der Waals surface area contributed by atoms with Crippen LogP contribution in [0, 0.1) is 0 Å². The van der Waals surface area contributed by atoms with Crippen LogP contribution < -0.4 is 5.32 Å². The van der Waals surface area contributed by atoms with Crippen molar-refractivity contribution in [1.29, 1.82) is 0 Å². The molecule has 0 saturated heterocycles. The number of rotatable bonds is 6. The number of hydrogen-bond donors (Lipinski definition) is 2. The van der Waals surface area contributed by atoms with E-state index in [0.717, 1.165) is 18.4 Å². The minimum Gasteiger partial charge on any atom is -0.425 e. The Balaban J connectivity index is 1.32. The van der Waals surface area contributed by atoms with Gasteiger partial charge in [0.2, 0.25) is 11.8 Å². The van der Waals surface area contributed by atoms with Crippen LogP contribution in [0.5, 0.6) is 0 Å². The van der Waals surface area contributed by atoms with E-state index in [4.69, 9.17) is 14.0 Å². The first-order valence-electron chi connectivity index (χ1n) is 8.91. The molecule has 1 aliphatic rings. The minimum atomic E-state index is -0.260. The molecule has 2 heterocycles. The first kappa shape index (κ1) is 17.4. The highest BCUT2D eigenvalue weighted by molar-refractivity contribution is 5.93. The summed E-state index contributed by atoms with van der Waals surface area (Å²) in [7, 11) is 0. The highest BCUT2D eigenvalue weighted by atomic mass is 16.5. The molecule has 4 rings (SSSR count). The van der Waals surface area contributed by atoms with Crippen molar-refractivity contribution in [2.75, 3.05) is 6.61 Å². The molecule has 0 spiro atoms. The van der Waals surface area contributed by atoms with Crippen molar-refractivity contribution in [3.05, 3.63) is 53.9 Å². The maximum Gasteiger partial charge on any atom is 0.273 e. The molecule has 1 saturated carbocycles. The van der Waals surface area contributed by atoms with Gasteiger partial charge in [-0.15, -0.1) is 10.2 Å². The van der Waals surface area contributed by atoms with Gasteiger partial charge in [-0.2, -0.15) is 0 Å². The molecule has 0 radical (unpaired) electrons. The predicted molar refractivity (Wildman–Crippen MR) is 95.0 cm³/mol. The Hall–Kier alpha value is -3.00. The maximum atomic E-state index is 12.4. The van der Waals surface area contributed by atoms with Gasteiger partial charge in [-0.05, 0) is 12.8 Å². The lowest BCUT2D eigenvalue weighted by molar-refractivity contribution is 0.0893. The monoisotopic (exact) mass is 368 g/mol. The van der Waals surface area contributed by atoms with Gasteiger partial charge in [0.15, 0.2) is 11.5 Å². The highest BCUT2D eigenvalue weighted by Crippen LogP contribution is 2.36. The van der Waals surface area contributed by atoms with Gasteiger partial charge in [-0.1, -0.05) is 42.4 Å². The Morgan fingerprint density at radius 2 is 2.07 bits per heavy atom. The van der Waals surface area contributed by atoms with Crippen molar-refractivity contribution in [1.82, 2.24) is 20.7 Å². The van der Waals surface area contributed by atoms with Crippen LogP contribution in [0.2, 0.25) is 0 Å². The number of nitrogens with one attached hydrogen (secondary N) is 1. The molecular formula is C19H20N4O4. The van der Waals surface area contributed by atoms with Crippen molar-refractivity contribution in [2.24, 2.45) is 0 Å². The van der Waals surface area contributed by atoms with E-state index >= 15 is 0 Å². The van der Waals surface area contributed by atoms with Gasteiger partial charge in [-0.3, -0.25) is 4.79 Å². The number of nitrogens with zero attached hydrogens (tertiary/aromatic N) is 3. The number of amides is 1. The van der Waals surface area contributed by atoms with Crippen LogP contribution in [-0.2, 0) is 0 Å². The van der Waals surface area contributed by atoms with Gasteiger partial charge in [0.1, 0.15) is 0 Å². The second kappa shape index (κ2) is 7.32. The normalized spacial score (nSPS) is 20.1. The van der Waals surface area contributed by atoms with Crippen molar-refractivity contribution in [3.63, 3.8) is 0 Å². The van der Waals surface area contributed by atoms with E-state index in [1.165, 1.54) is 0 Å². The standard InChI is InChI=1S/C19H20N4O4/c1-11(10-24)18-21-22-19(26-18)13-7-14(8-13)20-17(25)15-9-16(27-23-15)12-5-3-2-4-6-12/h2-6,9,11,13-14,24H,7-8,10H2,1H3,(H,20,25)/t11-,13-,14+/m0/s1. The smallest absolute Gasteiger partial charge is 0.273 e. The number of carbonyl (C=O) groups excluding carboxylic acids is 1. The molecule has 2 aromatic heterocycles. The molecule has 1 aliphatic carbocycles. The van der Waals surface area contributed by atoms with E-state index in [2.05, 4.69) is 20.7 Å². The van der Waals surface area contributed by atoms with Crippen LogP contribution >= 0.6 is 0 Å². The molecule has 140 valence electrons. The molecule has 3 aromatic rings.